The topological polar surface area (TPSA) is 114 Å². The molecule has 0 aliphatic rings. The van der Waals surface area contributed by atoms with Gasteiger partial charge in [0.05, 0.1) is 6.61 Å². The molecule has 9 heteroatoms. The Morgan fingerprint density at radius 3 is 2.57 bits per heavy atom. The van der Waals surface area contributed by atoms with Crippen molar-refractivity contribution < 1.29 is 34.0 Å². The second kappa shape index (κ2) is 12.0. The average molecular weight is 480 g/mol. The van der Waals surface area contributed by atoms with Crippen LogP contribution in [-0.2, 0) is 14.3 Å². The van der Waals surface area contributed by atoms with Crippen molar-refractivity contribution in [1.82, 2.24) is 0 Å². The minimum atomic E-state index is -1.16. The van der Waals surface area contributed by atoms with E-state index in [4.69, 9.17) is 24.4 Å². The molecule has 0 aromatic heterocycles. The summed E-state index contributed by atoms with van der Waals surface area (Å²) in [6.07, 6.45) is -0.358. The minimum absolute atomic E-state index is 0.103. The molecule has 2 rings (SSSR count). The second-order valence-electron chi connectivity index (χ2n) is 6.00. The van der Waals surface area contributed by atoms with Gasteiger partial charge in [0.15, 0.2) is 6.10 Å². The molecule has 0 aliphatic heterocycles. The molecule has 2 aromatic rings. The molecule has 1 amide bonds. The fourth-order valence-corrected chi connectivity index (χ4v) is 2.81. The molecule has 160 valence electrons. The fourth-order valence-electron chi connectivity index (χ4n) is 2.55. The monoisotopic (exact) mass is 479 g/mol. The lowest BCUT2D eigenvalue weighted by molar-refractivity contribution is -0.131. The van der Waals surface area contributed by atoms with Gasteiger partial charge in [0.1, 0.15) is 18.5 Å². The van der Waals surface area contributed by atoms with Gasteiger partial charge in [0.2, 0.25) is 0 Å². The zero-order chi connectivity index (χ0) is 21.9. The van der Waals surface area contributed by atoms with E-state index in [-0.39, 0.29) is 13.2 Å². The van der Waals surface area contributed by atoms with Crippen molar-refractivity contribution >= 4 is 33.7 Å². The number of carboxylic acids is 1. The summed E-state index contributed by atoms with van der Waals surface area (Å²) in [5.41, 5.74) is 1.05. The lowest BCUT2D eigenvalue weighted by atomic mass is 10.0. The van der Waals surface area contributed by atoms with Crippen LogP contribution in [0.15, 0.2) is 65.2 Å². The van der Waals surface area contributed by atoms with Crippen molar-refractivity contribution in [2.75, 3.05) is 25.6 Å². The number of rotatable bonds is 10. The largest absolute Gasteiger partial charge is 0.491 e. The molecule has 0 saturated carbocycles. The van der Waals surface area contributed by atoms with Gasteiger partial charge in [-0.2, -0.15) is 0 Å². The molecule has 0 radical (unpaired) electrons. The molecule has 2 atom stereocenters. The van der Waals surface area contributed by atoms with E-state index in [2.05, 4.69) is 21.2 Å². The number of ether oxygens (including phenoxy) is 3. The summed E-state index contributed by atoms with van der Waals surface area (Å²) >= 11 is 3.32. The molecule has 0 bridgehead atoms. The average Bonchev–Trinajstić information content (AvgIpc) is 2.73. The zero-order valence-electron chi connectivity index (χ0n) is 16.2. The number of nitrogens with one attached hydrogen (secondary N) is 1. The number of hydrogen-bond acceptors (Lipinski definition) is 6. The Hall–Kier alpha value is -2.88. The van der Waals surface area contributed by atoms with Gasteiger partial charge in [0.25, 0.3) is 0 Å². The summed E-state index contributed by atoms with van der Waals surface area (Å²) < 4.78 is 17.2. The highest BCUT2D eigenvalue weighted by atomic mass is 79.9. The number of aliphatic hydroxyl groups excluding tert-OH is 1. The lowest BCUT2D eigenvalue weighted by Gasteiger charge is -2.24. The van der Waals surface area contributed by atoms with Gasteiger partial charge in [-0.25, -0.2) is 9.59 Å². The van der Waals surface area contributed by atoms with Gasteiger partial charge in [-0.1, -0.05) is 28.1 Å². The highest BCUT2D eigenvalue weighted by molar-refractivity contribution is 9.10. The Kier molecular flexibility index (Phi) is 9.33. The first-order chi connectivity index (χ1) is 14.4. The highest BCUT2D eigenvalue weighted by Crippen LogP contribution is 2.28. The number of carboxylic acid groups (broad SMARTS) is 1. The molecule has 3 N–H and O–H groups in total. The quantitative estimate of drug-likeness (QED) is 0.444. The summed E-state index contributed by atoms with van der Waals surface area (Å²) in [5.74, 6) is -0.698. The van der Waals surface area contributed by atoms with E-state index in [0.717, 1.165) is 10.5 Å². The standard InChI is InChI=1S/C21H22BrNO7/c1-28-18(9-10-19(25)26)20(14-3-2-4-17(13-14)29-12-11-24)30-21(27)23-16-7-5-15(22)6-8-16/h2-10,13,18,20,24H,11-12H2,1H3,(H,23,27)(H,25,26)/b10-9+/t18-,20-/m0/s1. The van der Waals surface area contributed by atoms with E-state index in [0.29, 0.717) is 17.0 Å². The molecule has 0 heterocycles. The van der Waals surface area contributed by atoms with Crippen LogP contribution in [0.4, 0.5) is 10.5 Å². The first-order valence-electron chi connectivity index (χ1n) is 8.93. The summed E-state index contributed by atoms with van der Waals surface area (Å²) in [6.45, 7) is -0.0482. The van der Waals surface area contributed by atoms with E-state index in [9.17, 15) is 9.59 Å². The SMILES string of the molecule is CO[C@@H](/C=C/C(=O)O)[C@@H](OC(=O)Nc1ccc(Br)cc1)c1cccc(OCCO)c1. The Balaban J connectivity index is 2.27. The van der Waals surface area contributed by atoms with E-state index >= 15 is 0 Å². The molecule has 0 aliphatic carbocycles. The molecule has 8 nitrogen and oxygen atoms in total. The first kappa shape index (κ1) is 23.4. The molecule has 0 saturated heterocycles. The van der Waals surface area contributed by atoms with E-state index in [1.165, 1.54) is 13.2 Å². The minimum Gasteiger partial charge on any atom is -0.491 e. The number of benzene rings is 2. The van der Waals surface area contributed by atoms with Gasteiger partial charge in [-0.3, -0.25) is 5.32 Å². The fraction of sp³-hybridized carbons (Fsp3) is 0.238. The highest BCUT2D eigenvalue weighted by Gasteiger charge is 2.26. The Morgan fingerprint density at radius 1 is 1.20 bits per heavy atom. The zero-order valence-corrected chi connectivity index (χ0v) is 17.7. The van der Waals surface area contributed by atoms with Crippen LogP contribution in [0.2, 0.25) is 0 Å². The summed E-state index contributed by atoms with van der Waals surface area (Å²) in [7, 11) is 1.38. The van der Waals surface area contributed by atoms with Crippen molar-refractivity contribution in [3.05, 3.63) is 70.7 Å². The van der Waals surface area contributed by atoms with Crippen LogP contribution in [0.5, 0.6) is 5.75 Å². The molecule has 0 unspecified atom stereocenters. The van der Waals surface area contributed by atoms with Crippen LogP contribution in [-0.4, -0.2) is 48.7 Å². The van der Waals surface area contributed by atoms with Crippen LogP contribution in [0, 0.1) is 0 Å². The number of methoxy groups -OCH3 is 1. The van der Waals surface area contributed by atoms with Crippen molar-refractivity contribution in [1.29, 1.82) is 0 Å². The van der Waals surface area contributed by atoms with Crippen molar-refractivity contribution in [3.63, 3.8) is 0 Å². The van der Waals surface area contributed by atoms with Crippen LogP contribution >= 0.6 is 15.9 Å². The molecule has 30 heavy (non-hydrogen) atoms. The second-order valence-corrected chi connectivity index (χ2v) is 6.92. The van der Waals surface area contributed by atoms with Crippen molar-refractivity contribution in [2.45, 2.75) is 12.2 Å². The lowest BCUT2D eigenvalue weighted by Crippen LogP contribution is -2.27. The number of hydrogen-bond donors (Lipinski definition) is 3. The molecule has 0 fully saturated rings. The number of aliphatic carboxylic acids is 1. The van der Waals surface area contributed by atoms with Gasteiger partial charge in [-0.15, -0.1) is 0 Å². The Bertz CT molecular complexity index is 870. The normalized spacial score (nSPS) is 12.9. The predicted molar refractivity (Wildman–Crippen MR) is 114 cm³/mol. The molecular weight excluding hydrogens is 458 g/mol. The van der Waals surface area contributed by atoms with Crippen LogP contribution < -0.4 is 10.1 Å². The Morgan fingerprint density at radius 2 is 1.93 bits per heavy atom. The third-order valence-electron chi connectivity index (χ3n) is 3.87. The smallest absolute Gasteiger partial charge is 0.412 e. The predicted octanol–water partition coefficient (Wildman–Crippen LogP) is 3.77. The van der Waals surface area contributed by atoms with E-state index < -0.39 is 24.3 Å². The number of carbonyl (C=O) groups is 2. The maximum absolute atomic E-state index is 12.5. The van der Waals surface area contributed by atoms with Gasteiger partial charge in [-0.05, 0) is 48.0 Å². The van der Waals surface area contributed by atoms with Gasteiger partial charge in [0, 0.05) is 23.3 Å². The Labute approximate surface area is 182 Å². The van der Waals surface area contributed by atoms with E-state index in [1.807, 2.05) is 0 Å². The maximum atomic E-state index is 12.5. The summed E-state index contributed by atoms with van der Waals surface area (Å²) in [6, 6.07) is 13.6. The maximum Gasteiger partial charge on any atom is 0.412 e. The summed E-state index contributed by atoms with van der Waals surface area (Å²) in [4.78, 5) is 23.4. The van der Waals surface area contributed by atoms with Crippen molar-refractivity contribution in [2.24, 2.45) is 0 Å². The third kappa shape index (κ3) is 7.51. The molecular formula is C21H22BrNO7. The summed E-state index contributed by atoms with van der Waals surface area (Å²) in [5, 5.41) is 20.5. The third-order valence-corrected chi connectivity index (χ3v) is 4.40. The number of aliphatic hydroxyl groups is 1. The van der Waals surface area contributed by atoms with E-state index in [1.54, 1.807) is 48.5 Å². The number of anilines is 1. The van der Waals surface area contributed by atoms with Crippen LogP contribution in [0.25, 0.3) is 0 Å². The van der Waals surface area contributed by atoms with Crippen LogP contribution in [0.3, 0.4) is 0 Å². The number of carbonyl (C=O) groups excluding carboxylic acids is 1. The van der Waals surface area contributed by atoms with Gasteiger partial charge >= 0.3 is 12.1 Å². The van der Waals surface area contributed by atoms with Crippen molar-refractivity contribution in [3.8, 4) is 5.75 Å². The number of amides is 1. The van der Waals surface area contributed by atoms with Gasteiger partial charge < -0.3 is 24.4 Å². The molecule has 0 spiro atoms. The number of halogens is 1. The first-order valence-corrected chi connectivity index (χ1v) is 9.73. The van der Waals surface area contributed by atoms with Crippen LogP contribution in [0.1, 0.15) is 11.7 Å². The molecule has 2 aromatic carbocycles.